The summed E-state index contributed by atoms with van der Waals surface area (Å²) >= 11 is 0. The van der Waals surface area contributed by atoms with Gasteiger partial charge in [0.1, 0.15) is 5.75 Å². The zero-order valence-electron chi connectivity index (χ0n) is 23.0. The summed E-state index contributed by atoms with van der Waals surface area (Å²) in [5, 5.41) is -4.44. The van der Waals surface area contributed by atoms with Gasteiger partial charge >= 0.3 is 15.4 Å². The molecule has 0 aromatic heterocycles. The van der Waals surface area contributed by atoms with Gasteiger partial charge in [0.2, 0.25) is 0 Å². The van der Waals surface area contributed by atoms with Crippen LogP contribution in [0.15, 0.2) is 93.5 Å². The van der Waals surface area contributed by atoms with Crippen LogP contribution in [0.4, 0.5) is 8.78 Å². The van der Waals surface area contributed by atoms with Gasteiger partial charge in [0.15, 0.2) is 26.6 Å². The van der Waals surface area contributed by atoms with Crippen LogP contribution in [0.5, 0.6) is 5.75 Å². The number of fused-ring (bicyclic) bond motifs is 1. The van der Waals surface area contributed by atoms with Crippen molar-refractivity contribution in [2.24, 2.45) is 11.8 Å². The average molecular weight is 606 g/mol. The Morgan fingerprint density at radius 1 is 0.878 bits per heavy atom. The van der Waals surface area contributed by atoms with Crippen molar-refractivity contribution in [1.29, 1.82) is 0 Å². The minimum absolute atomic E-state index is 0.0627. The molecule has 4 atom stereocenters. The zero-order chi connectivity index (χ0) is 29.3. The highest BCUT2D eigenvalue weighted by Gasteiger charge is 2.51. The Morgan fingerprint density at radius 2 is 1.37 bits per heavy atom. The molecule has 1 aliphatic carbocycles. The van der Waals surface area contributed by atoms with Gasteiger partial charge in [-0.2, -0.15) is 17.2 Å². The SMILES string of the molecule is CC(Oc1ccc([S+](c2ccccc2)c2ccc(C3(C)OCC4CCCCC4CO3)cc2)cc1)C(F)(F)S(=O)(=O)O. The number of alkyl halides is 2. The average Bonchev–Trinajstić information content (AvgIpc) is 3.14. The lowest BCUT2D eigenvalue weighted by Gasteiger charge is -2.28. The summed E-state index contributed by atoms with van der Waals surface area (Å²) in [6, 6.07) is 24.8. The molecule has 220 valence electrons. The van der Waals surface area contributed by atoms with Crippen molar-refractivity contribution < 1.29 is 36.0 Å². The summed E-state index contributed by atoms with van der Waals surface area (Å²) in [6.07, 6.45) is 2.80. The van der Waals surface area contributed by atoms with Crippen LogP contribution in [0.2, 0.25) is 0 Å². The third-order valence-electron chi connectivity index (χ3n) is 7.99. The quantitative estimate of drug-likeness (QED) is 0.219. The molecule has 0 bridgehead atoms. The van der Waals surface area contributed by atoms with E-state index < -0.39 is 38.2 Å². The predicted octanol–water partition coefficient (Wildman–Crippen LogP) is 7.06. The van der Waals surface area contributed by atoms with Crippen LogP contribution in [0.25, 0.3) is 0 Å². The lowest BCUT2D eigenvalue weighted by atomic mass is 9.80. The molecular formula is C31H35F2O6S2+. The molecule has 5 rings (SSSR count). The van der Waals surface area contributed by atoms with Gasteiger partial charge in [-0.3, -0.25) is 4.55 Å². The van der Waals surface area contributed by atoms with Gasteiger partial charge < -0.3 is 14.2 Å². The van der Waals surface area contributed by atoms with E-state index >= 15 is 0 Å². The van der Waals surface area contributed by atoms with Crippen molar-refractivity contribution in [1.82, 2.24) is 0 Å². The van der Waals surface area contributed by atoms with E-state index in [4.69, 9.17) is 18.8 Å². The number of hydrogen-bond acceptors (Lipinski definition) is 5. The van der Waals surface area contributed by atoms with Crippen molar-refractivity contribution in [2.45, 2.75) is 71.4 Å². The molecule has 2 aliphatic rings. The van der Waals surface area contributed by atoms with Gasteiger partial charge in [-0.1, -0.05) is 31.0 Å². The molecular weight excluding hydrogens is 570 g/mol. The summed E-state index contributed by atoms with van der Waals surface area (Å²) < 4.78 is 76.9. The van der Waals surface area contributed by atoms with E-state index in [9.17, 15) is 17.2 Å². The number of halogens is 2. The standard InChI is InChI=1S/C31H34F2O6S2/c1-22(31(32,33)41(34,35)36)39-26-14-18-29(19-15-26)40(27-10-4-3-5-11-27)28-16-12-25(13-17-28)30(2)37-20-23-8-6-7-9-24(23)21-38-30/h3-5,10-19,22-24H,6-9,20-21H2,1-2H3/p+1. The fourth-order valence-corrected chi connectivity index (χ4v) is 7.99. The van der Waals surface area contributed by atoms with Crippen LogP contribution < -0.4 is 4.74 Å². The van der Waals surface area contributed by atoms with Crippen LogP contribution in [-0.2, 0) is 36.3 Å². The minimum Gasteiger partial charge on any atom is -0.483 e. The molecule has 1 N–H and O–H groups in total. The van der Waals surface area contributed by atoms with E-state index in [1.54, 1.807) is 12.1 Å². The molecule has 3 aromatic rings. The first kappa shape index (κ1) is 30.0. The molecule has 1 heterocycles. The van der Waals surface area contributed by atoms with E-state index in [-0.39, 0.29) is 5.75 Å². The largest absolute Gasteiger partial charge is 0.483 e. The second kappa shape index (κ2) is 12.0. The molecule has 0 amide bonds. The van der Waals surface area contributed by atoms with E-state index in [0.717, 1.165) is 27.2 Å². The summed E-state index contributed by atoms with van der Waals surface area (Å²) in [6.45, 7) is 4.27. The van der Waals surface area contributed by atoms with Crippen molar-refractivity contribution in [2.75, 3.05) is 13.2 Å². The summed E-state index contributed by atoms with van der Waals surface area (Å²) in [4.78, 5) is 3.03. The first-order valence-corrected chi connectivity index (χ1v) is 16.4. The minimum atomic E-state index is -5.61. The maximum Gasteiger partial charge on any atom is 0.405 e. The highest BCUT2D eigenvalue weighted by atomic mass is 32.2. The molecule has 0 spiro atoms. The maximum atomic E-state index is 14.0. The van der Waals surface area contributed by atoms with Crippen LogP contribution >= 0.6 is 0 Å². The van der Waals surface area contributed by atoms with Gasteiger partial charge in [-0.25, -0.2) is 0 Å². The normalized spacial score (nSPS) is 25.0. The Bertz CT molecular complexity index is 1400. The van der Waals surface area contributed by atoms with Gasteiger partial charge in [-0.15, -0.1) is 0 Å². The van der Waals surface area contributed by atoms with Crippen molar-refractivity contribution in [3.05, 3.63) is 84.4 Å². The van der Waals surface area contributed by atoms with Crippen LogP contribution in [0, 0.1) is 11.8 Å². The summed E-state index contributed by atoms with van der Waals surface area (Å²) in [7, 11) is -6.14. The monoisotopic (exact) mass is 605 g/mol. The van der Waals surface area contributed by atoms with E-state index in [1.165, 1.54) is 37.8 Å². The number of rotatable bonds is 8. The van der Waals surface area contributed by atoms with Crippen molar-refractivity contribution >= 4 is 21.0 Å². The lowest BCUT2D eigenvalue weighted by Crippen LogP contribution is -2.42. The Balaban J connectivity index is 1.38. The topological polar surface area (TPSA) is 82.1 Å². The molecule has 1 saturated heterocycles. The van der Waals surface area contributed by atoms with Crippen molar-refractivity contribution in [3.63, 3.8) is 0 Å². The third kappa shape index (κ3) is 6.46. The predicted molar refractivity (Wildman–Crippen MR) is 153 cm³/mol. The molecule has 1 saturated carbocycles. The van der Waals surface area contributed by atoms with E-state index in [2.05, 4.69) is 12.1 Å². The number of hydrogen-bond donors (Lipinski definition) is 1. The van der Waals surface area contributed by atoms with E-state index in [0.29, 0.717) is 25.0 Å². The highest BCUT2D eigenvalue weighted by molar-refractivity contribution is 7.97. The third-order valence-corrected chi connectivity index (χ3v) is 11.2. The van der Waals surface area contributed by atoms with Crippen LogP contribution in [-0.4, -0.2) is 37.5 Å². The second-order valence-electron chi connectivity index (χ2n) is 10.8. The van der Waals surface area contributed by atoms with Crippen LogP contribution in [0.3, 0.4) is 0 Å². The molecule has 3 aromatic carbocycles. The summed E-state index contributed by atoms with van der Waals surface area (Å²) in [5.74, 6) is 0.333. The smallest absolute Gasteiger partial charge is 0.405 e. The fraction of sp³-hybridized carbons (Fsp3) is 0.419. The van der Waals surface area contributed by atoms with Gasteiger partial charge in [0, 0.05) is 5.56 Å². The first-order chi connectivity index (χ1) is 19.5. The first-order valence-electron chi connectivity index (χ1n) is 13.8. The number of benzene rings is 3. The fourth-order valence-electron chi connectivity index (χ4n) is 5.46. The maximum absolute atomic E-state index is 14.0. The molecule has 2 fully saturated rings. The second-order valence-corrected chi connectivity index (χ2v) is 14.3. The Hall–Kier alpha value is -2.50. The molecule has 41 heavy (non-hydrogen) atoms. The Kier molecular flexibility index (Phi) is 8.78. The molecule has 6 nitrogen and oxygen atoms in total. The van der Waals surface area contributed by atoms with Gasteiger partial charge in [-0.05, 0) is 99.2 Å². The van der Waals surface area contributed by atoms with Gasteiger partial charge in [0.25, 0.3) is 0 Å². The van der Waals surface area contributed by atoms with Crippen LogP contribution in [0.1, 0.15) is 45.1 Å². The lowest BCUT2D eigenvalue weighted by molar-refractivity contribution is -0.225. The summed E-state index contributed by atoms with van der Waals surface area (Å²) in [5.41, 5.74) is 0.953. The van der Waals surface area contributed by atoms with E-state index in [1.807, 2.05) is 49.4 Å². The molecule has 0 radical (unpaired) electrons. The molecule has 1 aliphatic heterocycles. The van der Waals surface area contributed by atoms with Gasteiger partial charge in [0.05, 0.1) is 24.1 Å². The molecule has 4 unspecified atom stereocenters. The molecule has 10 heteroatoms. The zero-order valence-corrected chi connectivity index (χ0v) is 24.7. The highest BCUT2D eigenvalue weighted by Crippen LogP contribution is 2.40. The Labute approximate surface area is 243 Å². The Morgan fingerprint density at radius 3 is 1.88 bits per heavy atom. The van der Waals surface area contributed by atoms with Crippen molar-refractivity contribution in [3.8, 4) is 5.75 Å². The number of ether oxygens (including phenoxy) is 3.